The van der Waals surface area contributed by atoms with Gasteiger partial charge in [-0.3, -0.25) is 0 Å². The van der Waals surface area contributed by atoms with E-state index in [1.165, 1.54) is 12.1 Å². The third-order valence-corrected chi connectivity index (χ3v) is 2.21. The lowest BCUT2D eigenvalue weighted by Gasteiger charge is -2.08. The summed E-state index contributed by atoms with van der Waals surface area (Å²) in [6.07, 6.45) is 4.16. The number of halogens is 1. The van der Waals surface area contributed by atoms with Gasteiger partial charge < -0.3 is 5.73 Å². The van der Waals surface area contributed by atoms with E-state index in [0.717, 1.165) is 11.3 Å². The second-order valence-electron chi connectivity index (χ2n) is 3.26. The monoisotopic (exact) mass is 205 g/mol. The highest BCUT2D eigenvalue weighted by Gasteiger charge is 2.05. The Morgan fingerprint density at radius 3 is 2.93 bits per heavy atom. The number of nitrogens with two attached hydrogens (primary N) is 1. The lowest BCUT2D eigenvalue weighted by atomic mass is 10.1. The minimum Gasteiger partial charge on any atom is -0.330 e. The van der Waals surface area contributed by atoms with Crippen LogP contribution in [0, 0.1) is 5.82 Å². The number of nitrogens with zero attached hydrogens (tertiary/aromatic N) is 2. The molecule has 0 radical (unpaired) electrons. The Bertz CT molecular complexity index is 437. The fourth-order valence-electron chi connectivity index (χ4n) is 1.54. The van der Waals surface area contributed by atoms with Crippen LogP contribution >= 0.6 is 0 Å². The molecule has 0 aliphatic rings. The first kappa shape index (κ1) is 9.86. The van der Waals surface area contributed by atoms with Crippen LogP contribution in [0.4, 0.5) is 4.39 Å². The molecule has 1 heterocycles. The van der Waals surface area contributed by atoms with Gasteiger partial charge in [0.25, 0.3) is 0 Å². The normalized spacial score (nSPS) is 10.5. The molecule has 15 heavy (non-hydrogen) atoms. The van der Waals surface area contributed by atoms with E-state index < -0.39 is 0 Å². The number of rotatable bonds is 3. The predicted octanol–water partition coefficient (Wildman–Crippen LogP) is 1.51. The van der Waals surface area contributed by atoms with Gasteiger partial charge >= 0.3 is 0 Å². The van der Waals surface area contributed by atoms with E-state index >= 15 is 0 Å². The molecule has 1 aromatic heterocycles. The molecule has 2 aromatic rings. The quantitative estimate of drug-likeness (QED) is 0.825. The van der Waals surface area contributed by atoms with Gasteiger partial charge in [-0.05, 0) is 42.8 Å². The van der Waals surface area contributed by atoms with Crippen LogP contribution in [0.25, 0.3) is 5.69 Å². The minimum atomic E-state index is -0.241. The second kappa shape index (κ2) is 4.23. The van der Waals surface area contributed by atoms with Crippen molar-refractivity contribution in [2.75, 3.05) is 6.54 Å². The summed E-state index contributed by atoms with van der Waals surface area (Å²) in [7, 11) is 0. The summed E-state index contributed by atoms with van der Waals surface area (Å²) in [5.74, 6) is -0.241. The molecule has 0 saturated carbocycles. The highest BCUT2D eigenvalue weighted by Crippen LogP contribution is 2.15. The first-order chi connectivity index (χ1) is 7.31. The molecule has 0 aliphatic carbocycles. The van der Waals surface area contributed by atoms with Crippen LogP contribution in [0.1, 0.15) is 5.56 Å². The van der Waals surface area contributed by atoms with Crippen molar-refractivity contribution >= 4 is 0 Å². The molecule has 2 N–H and O–H groups in total. The average Bonchev–Trinajstić information content (AvgIpc) is 2.71. The van der Waals surface area contributed by atoms with Gasteiger partial charge in [-0.25, -0.2) is 9.07 Å². The zero-order valence-corrected chi connectivity index (χ0v) is 8.23. The molecule has 0 saturated heterocycles. The molecular formula is C11H12FN3. The molecule has 0 aliphatic heterocycles. The lowest BCUT2D eigenvalue weighted by Crippen LogP contribution is -2.07. The Hall–Kier alpha value is -1.68. The van der Waals surface area contributed by atoms with Gasteiger partial charge in [0.1, 0.15) is 5.82 Å². The summed E-state index contributed by atoms with van der Waals surface area (Å²) < 4.78 is 14.8. The third kappa shape index (κ3) is 2.05. The molecule has 3 nitrogen and oxygen atoms in total. The Labute approximate surface area is 87.3 Å². The van der Waals surface area contributed by atoms with Crippen LogP contribution in [-0.2, 0) is 6.42 Å². The van der Waals surface area contributed by atoms with Crippen molar-refractivity contribution < 1.29 is 4.39 Å². The van der Waals surface area contributed by atoms with E-state index in [0.29, 0.717) is 13.0 Å². The number of benzene rings is 1. The van der Waals surface area contributed by atoms with Crippen molar-refractivity contribution in [2.45, 2.75) is 6.42 Å². The van der Waals surface area contributed by atoms with Crippen LogP contribution in [0.3, 0.4) is 0 Å². The fourth-order valence-corrected chi connectivity index (χ4v) is 1.54. The minimum absolute atomic E-state index is 0.241. The number of hydrogen-bond acceptors (Lipinski definition) is 2. The average molecular weight is 205 g/mol. The Morgan fingerprint density at radius 1 is 1.40 bits per heavy atom. The van der Waals surface area contributed by atoms with Gasteiger partial charge in [-0.1, -0.05) is 0 Å². The fraction of sp³-hybridized carbons (Fsp3) is 0.182. The molecule has 0 unspecified atom stereocenters. The van der Waals surface area contributed by atoms with E-state index in [4.69, 9.17) is 5.73 Å². The van der Waals surface area contributed by atoms with E-state index in [-0.39, 0.29) is 5.82 Å². The summed E-state index contributed by atoms with van der Waals surface area (Å²) in [5.41, 5.74) is 7.24. The maximum Gasteiger partial charge on any atom is 0.123 e. The highest BCUT2D eigenvalue weighted by molar-refractivity contribution is 5.40. The third-order valence-electron chi connectivity index (χ3n) is 2.21. The van der Waals surface area contributed by atoms with Crippen molar-refractivity contribution in [1.29, 1.82) is 0 Å². The zero-order valence-electron chi connectivity index (χ0n) is 8.23. The predicted molar refractivity (Wildman–Crippen MR) is 56.3 cm³/mol. The zero-order chi connectivity index (χ0) is 10.7. The van der Waals surface area contributed by atoms with Crippen LogP contribution in [0.15, 0.2) is 36.7 Å². The molecule has 0 fully saturated rings. The Kier molecular flexibility index (Phi) is 2.78. The van der Waals surface area contributed by atoms with Gasteiger partial charge in [0.15, 0.2) is 0 Å². The van der Waals surface area contributed by atoms with Gasteiger partial charge in [-0.2, -0.15) is 5.10 Å². The maximum atomic E-state index is 13.0. The van der Waals surface area contributed by atoms with Gasteiger partial charge in [0.2, 0.25) is 0 Å². The molecule has 4 heteroatoms. The number of hydrogen-bond donors (Lipinski definition) is 1. The van der Waals surface area contributed by atoms with Crippen LogP contribution in [-0.4, -0.2) is 16.3 Å². The molecule has 0 amide bonds. The Balaban J connectivity index is 2.46. The van der Waals surface area contributed by atoms with Gasteiger partial charge in [-0.15, -0.1) is 0 Å². The molecule has 2 rings (SSSR count). The largest absolute Gasteiger partial charge is 0.330 e. The standard InChI is InChI=1S/C11H12FN3/c12-10-2-3-11(9(8-10)4-5-13)15-7-1-6-14-15/h1-3,6-8H,4-5,13H2. The van der Waals surface area contributed by atoms with Gasteiger partial charge in [0, 0.05) is 12.4 Å². The van der Waals surface area contributed by atoms with Crippen molar-refractivity contribution in [1.82, 2.24) is 9.78 Å². The first-order valence-corrected chi connectivity index (χ1v) is 4.80. The smallest absolute Gasteiger partial charge is 0.123 e. The van der Waals surface area contributed by atoms with Crippen LogP contribution in [0.5, 0.6) is 0 Å². The molecule has 0 spiro atoms. The SMILES string of the molecule is NCCc1cc(F)ccc1-n1cccn1. The lowest BCUT2D eigenvalue weighted by molar-refractivity contribution is 0.624. The first-order valence-electron chi connectivity index (χ1n) is 4.80. The van der Waals surface area contributed by atoms with Crippen molar-refractivity contribution in [3.05, 3.63) is 48.0 Å². The molecule has 1 aromatic carbocycles. The highest BCUT2D eigenvalue weighted by atomic mass is 19.1. The molecule has 0 bridgehead atoms. The summed E-state index contributed by atoms with van der Waals surface area (Å²) in [6.45, 7) is 0.498. The number of aromatic nitrogens is 2. The van der Waals surface area contributed by atoms with Crippen molar-refractivity contribution in [2.24, 2.45) is 5.73 Å². The molecular weight excluding hydrogens is 193 g/mol. The van der Waals surface area contributed by atoms with E-state index in [2.05, 4.69) is 5.10 Å². The van der Waals surface area contributed by atoms with Crippen molar-refractivity contribution in [3.63, 3.8) is 0 Å². The maximum absolute atomic E-state index is 13.0. The van der Waals surface area contributed by atoms with E-state index in [1.807, 2.05) is 12.3 Å². The van der Waals surface area contributed by atoms with E-state index in [9.17, 15) is 4.39 Å². The Morgan fingerprint density at radius 2 is 2.27 bits per heavy atom. The summed E-state index contributed by atoms with van der Waals surface area (Å²) in [4.78, 5) is 0. The van der Waals surface area contributed by atoms with Gasteiger partial charge in [0.05, 0.1) is 5.69 Å². The van der Waals surface area contributed by atoms with Crippen molar-refractivity contribution in [3.8, 4) is 5.69 Å². The van der Waals surface area contributed by atoms with E-state index in [1.54, 1.807) is 16.9 Å². The van der Waals surface area contributed by atoms with Crippen LogP contribution < -0.4 is 5.73 Å². The molecule has 78 valence electrons. The summed E-state index contributed by atoms with van der Waals surface area (Å²) >= 11 is 0. The van der Waals surface area contributed by atoms with Crippen LogP contribution in [0.2, 0.25) is 0 Å². The second-order valence-corrected chi connectivity index (χ2v) is 3.26. The topological polar surface area (TPSA) is 43.8 Å². The summed E-state index contributed by atoms with van der Waals surface area (Å²) in [5, 5.41) is 4.11. The summed E-state index contributed by atoms with van der Waals surface area (Å²) in [6, 6.07) is 6.48. The molecule has 0 atom stereocenters.